The Morgan fingerprint density at radius 3 is 2.49 bits per heavy atom. The Labute approximate surface area is 210 Å². The highest BCUT2D eigenvalue weighted by Crippen LogP contribution is 2.61. The van der Waals surface area contributed by atoms with Crippen LogP contribution in [-0.4, -0.2) is 34.1 Å². The van der Waals surface area contributed by atoms with Crippen molar-refractivity contribution < 1.29 is 14.5 Å². The molecule has 6 rings (SSSR count). The summed E-state index contributed by atoms with van der Waals surface area (Å²) in [6, 6.07) is 21.3. The van der Waals surface area contributed by atoms with Crippen molar-refractivity contribution in [2.24, 2.45) is 5.92 Å². The van der Waals surface area contributed by atoms with Crippen LogP contribution in [0.25, 0.3) is 0 Å². The minimum Gasteiger partial charge on any atom is -0.324 e. The molecular weight excluding hydrogens is 510 g/mol. The van der Waals surface area contributed by atoms with Crippen LogP contribution in [-0.2, 0) is 10.3 Å². The molecule has 1 spiro atoms. The van der Waals surface area contributed by atoms with E-state index in [2.05, 4.69) is 26.1 Å². The van der Waals surface area contributed by atoms with Gasteiger partial charge in [-0.05, 0) is 43.1 Å². The van der Waals surface area contributed by atoms with Crippen LogP contribution in [0, 0.1) is 16.0 Å². The molecule has 1 N–H and O–H groups in total. The lowest BCUT2D eigenvalue weighted by Crippen LogP contribution is -2.52. The molecule has 0 bridgehead atoms. The Hall–Kier alpha value is -3.36. The highest BCUT2D eigenvalue weighted by molar-refractivity contribution is 9.10. The summed E-state index contributed by atoms with van der Waals surface area (Å²) >= 11 is 3.44. The normalized spacial score (nSPS) is 27.0. The Bertz CT molecular complexity index is 1360. The predicted molar refractivity (Wildman–Crippen MR) is 134 cm³/mol. The molecule has 3 unspecified atom stereocenters. The molecule has 7 nitrogen and oxygen atoms in total. The molecular formula is C27H22BrN3O4. The maximum atomic E-state index is 14.3. The first-order valence-electron chi connectivity index (χ1n) is 11.6. The molecule has 2 saturated heterocycles. The van der Waals surface area contributed by atoms with Gasteiger partial charge < -0.3 is 5.32 Å². The second kappa shape index (κ2) is 8.10. The van der Waals surface area contributed by atoms with Gasteiger partial charge in [-0.1, -0.05) is 58.4 Å². The van der Waals surface area contributed by atoms with E-state index in [9.17, 15) is 19.7 Å². The molecule has 2 fully saturated rings. The second-order valence-electron chi connectivity index (χ2n) is 9.39. The fraction of sp³-hybridized carbons (Fsp3) is 0.259. The molecule has 3 aliphatic heterocycles. The number of benzene rings is 3. The molecule has 35 heavy (non-hydrogen) atoms. The van der Waals surface area contributed by atoms with Gasteiger partial charge in [0.05, 0.1) is 10.8 Å². The van der Waals surface area contributed by atoms with Gasteiger partial charge in [-0.15, -0.1) is 0 Å². The topological polar surface area (TPSA) is 92.5 Å². The van der Waals surface area contributed by atoms with Gasteiger partial charge in [0, 0.05) is 45.4 Å². The number of nitro benzene ring substituents is 1. The molecule has 0 aliphatic carbocycles. The number of hydrogen-bond donors (Lipinski definition) is 1. The Morgan fingerprint density at radius 2 is 1.77 bits per heavy atom. The Balaban J connectivity index is 1.58. The van der Waals surface area contributed by atoms with E-state index in [1.807, 2.05) is 36.4 Å². The van der Waals surface area contributed by atoms with E-state index in [-0.39, 0.29) is 29.3 Å². The summed E-state index contributed by atoms with van der Waals surface area (Å²) in [6.45, 7) is 0.708. The number of carbonyl (C=O) groups excluding carboxylic acids is 2. The number of hydrogen-bond acceptors (Lipinski definition) is 5. The number of nitrogens with zero attached hydrogens (tertiary/aromatic N) is 2. The Kier molecular flexibility index (Phi) is 5.12. The van der Waals surface area contributed by atoms with Crippen molar-refractivity contribution in [2.45, 2.75) is 30.3 Å². The third kappa shape index (κ3) is 3.13. The van der Waals surface area contributed by atoms with Crippen LogP contribution in [0.4, 0.5) is 11.4 Å². The van der Waals surface area contributed by atoms with Gasteiger partial charge in [0.1, 0.15) is 5.54 Å². The molecule has 0 radical (unpaired) electrons. The monoisotopic (exact) mass is 531 g/mol. The lowest BCUT2D eigenvalue weighted by atomic mass is 9.69. The number of fused-ring (bicyclic) bond motifs is 4. The van der Waals surface area contributed by atoms with E-state index in [1.165, 1.54) is 12.1 Å². The van der Waals surface area contributed by atoms with Gasteiger partial charge in [-0.25, -0.2) is 0 Å². The number of amides is 1. The second-order valence-corrected chi connectivity index (χ2v) is 10.3. The van der Waals surface area contributed by atoms with Gasteiger partial charge in [0.15, 0.2) is 5.78 Å². The zero-order valence-electron chi connectivity index (χ0n) is 18.7. The largest absolute Gasteiger partial charge is 0.324 e. The zero-order chi connectivity index (χ0) is 24.3. The van der Waals surface area contributed by atoms with Gasteiger partial charge in [-0.3, -0.25) is 24.6 Å². The van der Waals surface area contributed by atoms with Crippen LogP contribution in [0.3, 0.4) is 0 Å². The summed E-state index contributed by atoms with van der Waals surface area (Å²) in [6.07, 6.45) is 1.77. The molecule has 0 aromatic heterocycles. The quantitative estimate of drug-likeness (QED) is 0.281. The smallest absolute Gasteiger partial charge is 0.269 e. The molecule has 0 saturated carbocycles. The van der Waals surface area contributed by atoms with Crippen molar-refractivity contribution in [3.05, 3.63) is 104 Å². The van der Waals surface area contributed by atoms with Crippen molar-refractivity contribution in [1.29, 1.82) is 0 Å². The number of halogens is 1. The molecule has 3 aliphatic rings. The molecule has 3 aromatic rings. The van der Waals surface area contributed by atoms with Crippen LogP contribution < -0.4 is 5.32 Å². The lowest BCUT2D eigenvalue weighted by molar-refractivity contribution is -0.384. The van der Waals surface area contributed by atoms with Crippen molar-refractivity contribution in [1.82, 2.24) is 4.90 Å². The summed E-state index contributed by atoms with van der Waals surface area (Å²) in [7, 11) is 0. The van der Waals surface area contributed by atoms with Gasteiger partial charge in [0.2, 0.25) is 5.91 Å². The van der Waals surface area contributed by atoms with Crippen molar-refractivity contribution >= 4 is 39.0 Å². The van der Waals surface area contributed by atoms with E-state index in [1.54, 1.807) is 24.3 Å². The number of carbonyl (C=O) groups is 2. The van der Waals surface area contributed by atoms with Crippen LogP contribution in [0.15, 0.2) is 77.3 Å². The molecule has 176 valence electrons. The van der Waals surface area contributed by atoms with Crippen LogP contribution in [0.2, 0.25) is 0 Å². The maximum absolute atomic E-state index is 14.3. The highest BCUT2D eigenvalue weighted by Gasteiger charge is 2.69. The van der Waals surface area contributed by atoms with Gasteiger partial charge in [0.25, 0.3) is 5.69 Å². The van der Waals surface area contributed by atoms with Crippen molar-refractivity contribution in [2.75, 3.05) is 11.9 Å². The average molecular weight is 532 g/mol. The minimum atomic E-state index is -1.13. The molecule has 3 aromatic carbocycles. The first kappa shape index (κ1) is 22.1. The standard InChI is InChI=1S/C27H22BrN3O4/c28-18-11-7-17(8-12-18)25(32)24-23(16-9-13-19(14-10-16)31(34)35)22-6-3-15-30(22)27(24)20-4-1-2-5-21(20)29-26(27)33/h1-2,4-5,7-14,22-24H,3,6,15H2,(H,29,33)/t22?,23?,24?,27-/m1/s1. The number of nitrogens with one attached hydrogen (secondary N) is 1. The lowest BCUT2D eigenvalue weighted by Gasteiger charge is -2.36. The van der Waals surface area contributed by atoms with E-state index >= 15 is 0 Å². The van der Waals surface area contributed by atoms with Gasteiger partial charge in [-0.2, -0.15) is 0 Å². The third-order valence-corrected chi connectivity index (χ3v) is 8.34. The molecule has 1 amide bonds. The maximum Gasteiger partial charge on any atom is 0.269 e. The summed E-state index contributed by atoms with van der Waals surface area (Å²) in [4.78, 5) is 41.3. The van der Waals surface area contributed by atoms with Crippen molar-refractivity contribution in [3.8, 4) is 0 Å². The summed E-state index contributed by atoms with van der Waals surface area (Å²) in [5.41, 5.74) is 1.83. The third-order valence-electron chi connectivity index (χ3n) is 7.81. The summed E-state index contributed by atoms with van der Waals surface area (Å²) in [5, 5.41) is 14.3. The number of Topliss-reactive ketones (excluding diaryl/α,β-unsaturated/α-hetero) is 1. The summed E-state index contributed by atoms with van der Waals surface area (Å²) in [5.74, 6) is -1.24. The van der Waals surface area contributed by atoms with E-state index in [0.717, 1.165) is 34.1 Å². The number of para-hydroxylation sites is 1. The van der Waals surface area contributed by atoms with Crippen LogP contribution in [0.5, 0.6) is 0 Å². The predicted octanol–water partition coefficient (Wildman–Crippen LogP) is 5.27. The van der Waals surface area contributed by atoms with Crippen LogP contribution in [0.1, 0.15) is 40.2 Å². The van der Waals surface area contributed by atoms with E-state index in [0.29, 0.717) is 12.1 Å². The van der Waals surface area contributed by atoms with E-state index < -0.39 is 16.4 Å². The number of non-ortho nitro benzene ring substituents is 1. The van der Waals surface area contributed by atoms with Crippen molar-refractivity contribution in [3.63, 3.8) is 0 Å². The number of rotatable bonds is 4. The van der Waals surface area contributed by atoms with Crippen LogP contribution >= 0.6 is 15.9 Å². The first-order chi connectivity index (χ1) is 16.9. The average Bonchev–Trinajstić information content (AvgIpc) is 3.52. The highest BCUT2D eigenvalue weighted by atomic mass is 79.9. The fourth-order valence-corrected chi connectivity index (χ4v) is 6.77. The molecule has 3 heterocycles. The SMILES string of the molecule is O=C(c1ccc(Br)cc1)C1C(c2ccc([N+](=O)[O-])cc2)C2CCCN2[C@@]12C(=O)Nc1ccccc12. The number of ketones is 1. The molecule has 8 heteroatoms. The van der Waals surface area contributed by atoms with Gasteiger partial charge >= 0.3 is 0 Å². The summed E-state index contributed by atoms with van der Waals surface area (Å²) < 4.78 is 0.867. The zero-order valence-corrected chi connectivity index (χ0v) is 20.3. The molecule has 4 atom stereocenters. The number of anilines is 1. The number of nitro groups is 1. The first-order valence-corrected chi connectivity index (χ1v) is 12.4. The Morgan fingerprint density at radius 1 is 1.06 bits per heavy atom. The fourth-order valence-electron chi connectivity index (χ4n) is 6.50. The van der Waals surface area contributed by atoms with E-state index in [4.69, 9.17) is 0 Å². The minimum absolute atomic E-state index is 0.00415.